The minimum Gasteiger partial charge on any atom is -0.403 e. The Hall–Kier alpha value is -1.58. The summed E-state index contributed by atoms with van der Waals surface area (Å²) in [7, 11) is -0.289. The molecule has 0 unspecified atom stereocenters. The first-order chi connectivity index (χ1) is 10.9. The maximum atomic E-state index is 6.30. The summed E-state index contributed by atoms with van der Waals surface area (Å²) in [4.78, 5) is 0. The van der Waals surface area contributed by atoms with Crippen LogP contribution in [-0.4, -0.2) is 18.3 Å². The zero-order valence-corrected chi connectivity index (χ0v) is 14.3. The van der Waals surface area contributed by atoms with Gasteiger partial charge in [0.05, 0.1) is 11.2 Å². The van der Waals surface area contributed by atoms with Crippen LogP contribution in [0.15, 0.2) is 60.7 Å². The zero-order chi connectivity index (χ0) is 16.5. The minimum atomic E-state index is -0.324. The monoisotopic (exact) mass is 307 g/mol. The van der Waals surface area contributed by atoms with Gasteiger partial charge in [-0.15, -0.1) is 0 Å². The van der Waals surface area contributed by atoms with Gasteiger partial charge in [-0.05, 0) is 45.2 Å². The molecule has 1 fully saturated rings. The summed E-state index contributed by atoms with van der Waals surface area (Å²) >= 11 is 0. The Labute approximate surface area is 140 Å². The summed E-state index contributed by atoms with van der Waals surface area (Å²) in [5.41, 5.74) is 1.73. The van der Waals surface area contributed by atoms with Crippen LogP contribution in [0.4, 0.5) is 0 Å². The highest BCUT2D eigenvalue weighted by molar-refractivity contribution is 6.48. The lowest BCUT2D eigenvalue weighted by atomic mass is 9.65. The van der Waals surface area contributed by atoms with Crippen LogP contribution in [0.25, 0.3) is 0 Å². The molecule has 2 aromatic rings. The molecule has 2 aromatic carbocycles. The van der Waals surface area contributed by atoms with Crippen molar-refractivity contribution in [3.05, 3.63) is 78.2 Å². The summed E-state index contributed by atoms with van der Waals surface area (Å²) in [5, 5.41) is 0. The first-order valence-corrected chi connectivity index (χ1v) is 8.20. The van der Waals surface area contributed by atoms with Gasteiger partial charge in [0.1, 0.15) is 0 Å². The minimum absolute atomic E-state index is 0.0552. The van der Waals surface area contributed by atoms with Gasteiger partial charge in [-0.1, -0.05) is 60.7 Å². The van der Waals surface area contributed by atoms with Gasteiger partial charge in [0.15, 0.2) is 0 Å². The van der Waals surface area contributed by atoms with E-state index in [1.165, 1.54) is 11.1 Å². The maximum absolute atomic E-state index is 6.30. The Kier molecular flexibility index (Phi) is 4.35. The summed E-state index contributed by atoms with van der Waals surface area (Å²) in [6.45, 7) is 8.38. The van der Waals surface area contributed by atoms with Gasteiger partial charge in [0.2, 0.25) is 0 Å². The van der Waals surface area contributed by atoms with E-state index in [-0.39, 0.29) is 24.1 Å². The first-order valence-electron chi connectivity index (χ1n) is 8.20. The third kappa shape index (κ3) is 3.36. The molecule has 3 heteroatoms. The van der Waals surface area contributed by atoms with E-state index in [2.05, 4.69) is 82.6 Å². The lowest BCUT2D eigenvalue weighted by Gasteiger charge is -2.32. The summed E-state index contributed by atoms with van der Waals surface area (Å²) in [6.07, 6.45) is 2.23. The molecule has 1 atom stereocenters. The van der Waals surface area contributed by atoms with E-state index in [0.29, 0.717) is 0 Å². The quantitative estimate of drug-likeness (QED) is 0.765. The van der Waals surface area contributed by atoms with Crippen molar-refractivity contribution in [2.75, 3.05) is 0 Å². The molecule has 0 bridgehead atoms. The van der Waals surface area contributed by atoms with Crippen LogP contribution in [-0.2, 0) is 9.31 Å². The van der Waals surface area contributed by atoms with E-state index in [4.69, 9.17) is 9.31 Å². The van der Waals surface area contributed by atoms with E-state index in [9.17, 15) is 0 Å². The predicted octanol–water partition coefficient (Wildman–Crippen LogP) is 4.65. The molecule has 0 spiro atoms. The van der Waals surface area contributed by atoms with Crippen LogP contribution < -0.4 is 0 Å². The summed E-state index contributed by atoms with van der Waals surface area (Å²) in [5.74, 6) is 0.0552. The molecular formula is C20H24BO2. The molecular weight excluding hydrogens is 283 g/mol. The fraction of sp³-hybridized carbons (Fsp3) is 0.350. The van der Waals surface area contributed by atoms with Crippen LogP contribution >= 0.6 is 0 Å². The Bertz CT molecular complexity index is 621. The zero-order valence-electron chi connectivity index (χ0n) is 14.3. The van der Waals surface area contributed by atoms with Gasteiger partial charge in [-0.25, -0.2) is 0 Å². The standard InChI is InChI=1S/C20H24BO2/c1-19(2)20(3,4)23-21(22-19)18(17-13-9-6-10-14-17)15-16-11-7-5-8-12-16/h5-15,18H,1-4H3/t18-/m1/s1. The molecule has 0 amide bonds. The van der Waals surface area contributed by atoms with Crippen molar-refractivity contribution >= 4 is 7.12 Å². The number of hydrogen-bond donors (Lipinski definition) is 0. The fourth-order valence-corrected chi connectivity index (χ4v) is 2.81. The van der Waals surface area contributed by atoms with Crippen LogP contribution in [0.5, 0.6) is 0 Å². The molecule has 1 aliphatic heterocycles. The largest absolute Gasteiger partial charge is 0.466 e. The Morgan fingerprint density at radius 2 is 1.26 bits per heavy atom. The molecule has 3 rings (SSSR count). The second-order valence-corrected chi connectivity index (χ2v) is 7.14. The van der Waals surface area contributed by atoms with Crippen LogP contribution in [0.3, 0.4) is 0 Å². The fourth-order valence-electron chi connectivity index (χ4n) is 2.81. The molecule has 0 aromatic heterocycles. The first kappa shape index (κ1) is 16.3. The van der Waals surface area contributed by atoms with Crippen LogP contribution in [0.1, 0.15) is 44.6 Å². The number of benzene rings is 2. The topological polar surface area (TPSA) is 18.5 Å². The Morgan fingerprint density at radius 1 is 0.783 bits per heavy atom. The van der Waals surface area contributed by atoms with E-state index < -0.39 is 0 Å². The van der Waals surface area contributed by atoms with E-state index >= 15 is 0 Å². The second-order valence-electron chi connectivity index (χ2n) is 7.14. The van der Waals surface area contributed by atoms with Crippen LogP contribution in [0.2, 0.25) is 0 Å². The van der Waals surface area contributed by atoms with Crippen LogP contribution in [0, 0.1) is 6.42 Å². The lowest BCUT2D eigenvalue weighted by molar-refractivity contribution is 0.00578. The highest BCUT2D eigenvalue weighted by Gasteiger charge is 2.53. The summed E-state index contributed by atoms with van der Waals surface area (Å²) in [6, 6.07) is 20.8. The highest BCUT2D eigenvalue weighted by Crippen LogP contribution is 2.42. The molecule has 1 radical (unpaired) electrons. The SMILES string of the molecule is CC1(C)OB([C@H]([CH]c2ccccc2)c2ccccc2)OC1(C)C. The van der Waals surface area contributed by atoms with Crippen molar-refractivity contribution in [2.24, 2.45) is 0 Å². The van der Waals surface area contributed by atoms with Crippen molar-refractivity contribution in [1.82, 2.24) is 0 Å². The average molecular weight is 307 g/mol. The van der Waals surface area contributed by atoms with Crippen molar-refractivity contribution < 1.29 is 9.31 Å². The van der Waals surface area contributed by atoms with E-state index in [1.54, 1.807) is 0 Å². The van der Waals surface area contributed by atoms with Crippen molar-refractivity contribution in [2.45, 2.75) is 44.7 Å². The molecule has 1 aliphatic rings. The van der Waals surface area contributed by atoms with Gasteiger partial charge >= 0.3 is 7.12 Å². The van der Waals surface area contributed by atoms with Crippen molar-refractivity contribution in [1.29, 1.82) is 0 Å². The van der Waals surface area contributed by atoms with E-state index in [1.807, 2.05) is 12.1 Å². The molecule has 1 heterocycles. The molecule has 23 heavy (non-hydrogen) atoms. The molecule has 0 aliphatic carbocycles. The maximum Gasteiger partial charge on any atom is 0.466 e. The molecule has 0 saturated carbocycles. The third-order valence-electron chi connectivity index (χ3n) is 4.92. The molecule has 2 nitrogen and oxygen atoms in total. The Balaban J connectivity index is 1.91. The van der Waals surface area contributed by atoms with Crippen molar-refractivity contribution in [3.8, 4) is 0 Å². The number of rotatable bonds is 4. The lowest BCUT2D eigenvalue weighted by Crippen LogP contribution is -2.41. The second kappa shape index (κ2) is 6.14. The smallest absolute Gasteiger partial charge is 0.403 e. The van der Waals surface area contributed by atoms with Gasteiger partial charge in [-0.2, -0.15) is 0 Å². The molecule has 1 saturated heterocycles. The van der Waals surface area contributed by atoms with Gasteiger partial charge in [0.25, 0.3) is 0 Å². The van der Waals surface area contributed by atoms with Gasteiger partial charge in [0, 0.05) is 5.82 Å². The highest BCUT2D eigenvalue weighted by atomic mass is 16.7. The number of hydrogen-bond acceptors (Lipinski definition) is 2. The normalized spacial score (nSPS) is 20.4. The molecule has 0 N–H and O–H groups in total. The predicted molar refractivity (Wildman–Crippen MR) is 95.1 cm³/mol. The van der Waals surface area contributed by atoms with Gasteiger partial charge in [-0.3, -0.25) is 0 Å². The third-order valence-corrected chi connectivity index (χ3v) is 4.92. The van der Waals surface area contributed by atoms with Crippen molar-refractivity contribution in [3.63, 3.8) is 0 Å². The molecule has 119 valence electrons. The average Bonchev–Trinajstić information content (AvgIpc) is 2.75. The van der Waals surface area contributed by atoms with Gasteiger partial charge < -0.3 is 9.31 Å². The van der Waals surface area contributed by atoms with E-state index in [0.717, 1.165) is 0 Å². The Morgan fingerprint density at radius 3 is 1.78 bits per heavy atom. The summed E-state index contributed by atoms with van der Waals surface area (Å²) < 4.78 is 12.6.